The highest BCUT2D eigenvalue weighted by Crippen LogP contribution is 2.29. The lowest BCUT2D eigenvalue weighted by Crippen LogP contribution is -2.21. The quantitative estimate of drug-likeness (QED) is 0.644. The van der Waals surface area contributed by atoms with Gasteiger partial charge in [-0.05, 0) is 47.2 Å². The maximum absolute atomic E-state index is 9.09. The summed E-state index contributed by atoms with van der Waals surface area (Å²) in [4.78, 5) is 2.26. The van der Waals surface area contributed by atoms with Gasteiger partial charge in [0.25, 0.3) is 0 Å². The van der Waals surface area contributed by atoms with Gasteiger partial charge >= 0.3 is 0 Å². The Morgan fingerprint density at radius 3 is 2.93 bits per heavy atom. The zero-order valence-electron chi connectivity index (χ0n) is 8.49. The van der Waals surface area contributed by atoms with Crippen molar-refractivity contribution in [1.29, 1.82) is 0 Å². The van der Waals surface area contributed by atoms with Crippen LogP contribution in [0.2, 0.25) is 0 Å². The molecule has 1 aliphatic rings. The Kier molecular flexibility index (Phi) is 3.35. The standard InChI is InChI=1S/C11H15IN2O/c12-9-1-2-11(10(13)5-9)14-4-3-8(6-14)7-15/h1-2,5,8,15H,3-4,6-7,13H2. The second-order valence-corrected chi connectivity index (χ2v) is 5.23. The van der Waals surface area contributed by atoms with Crippen molar-refractivity contribution in [1.82, 2.24) is 0 Å². The number of nitrogens with zero attached hydrogens (tertiary/aromatic N) is 1. The van der Waals surface area contributed by atoms with E-state index in [2.05, 4.69) is 39.6 Å². The Labute approximate surface area is 103 Å². The maximum Gasteiger partial charge on any atom is 0.0600 e. The highest BCUT2D eigenvalue weighted by atomic mass is 127. The van der Waals surface area contributed by atoms with E-state index in [-0.39, 0.29) is 6.61 Å². The number of aliphatic hydroxyl groups excluding tert-OH is 1. The van der Waals surface area contributed by atoms with Crippen molar-refractivity contribution in [2.24, 2.45) is 5.92 Å². The molecule has 0 spiro atoms. The second-order valence-electron chi connectivity index (χ2n) is 3.99. The van der Waals surface area contributed by atoms with E-state index in [1.54, 1.807) is 0 Å². The molecular formula is C11H15IN2O. The van der Waals surface area contributed by atoms with E-state index in [4.69, 9.17) is 10.8 Å². The van der Waals surface area contributed by atoms with Crippen LogP contribution in [0.3, 0.4) is 0 Å². The fraction of sp³-hybridized carbons (Fsp3) is 0.455. The summed E-state index contributed by atoms with van der Waals surface area (Å²) >= 11 is 2.26. The molecular weight excluding hydrogens is 303 g/mol. The topological polar surface area (TPSA) is 49.5 Å². The summed E-state index contributed by atoms with van der Waals surface area (Å²) in [6.07, 6.45) is 1.06. The van der Waals surface area contributed by atoms with Crippen LogP contribution in [-0.2, 0) is 0 Å². The fourth-order valence-corrected chi connectivity index (χ4v) is 2.53. The molecule has 0 aromatic heterocycles. The molecule has 1 saturated heterocycles. The lowest BCUT2D eigenvalue weighted by atomic mass is 10.1. The van der Waals surface area contributed by atoms with Gasteiger partial charge in [-0.1, -0.05) is 0 Å². The van der Waals surface area contributed by atoms with E-state index in [1.165, 1.54) is 0 Å². The first-order valence-electron chi connectivity index (χ1n) is 5.11. The number of nitrogen functional groups attached to an aromatic ring is 1. The van der Waals surface area contributed by atoms with Gasteiger partial charge in [-0.2, -0.15) is 0 Å². The molecule has 1 atom stereocenters. The molecule has 0 saturated carbocycles. The molecule has 3 N–H and O–H groups in total. The molecule has 0 radical (unpaired) electrons. The van der Waals surface area contributed by atoms with Crippen molar-refractivity contribution in [3.63, 3.8) is 0 Å². The molecule has 1 fully saturated rings. The van der Waals surface area contributed by atoms with Crippen LogP contribution >= 0.6 is 22.6 Å². The predicted octanol–water partition coefficient (Wildman–Crippen LogP) is 1.69. The highest BCUT2D eigenvalue weighted by Gasteiger charge is 2.22. The Hall–Kier alpha value is -0.490. The van der Waals surface area contributed by atoms with Crippen molar-refractivity contribution >= 4 is 34.0 Å². The van der Waals surface area contributed by atoms with Gasteiger partial charge in [-0.3, -0.25) is 0 Å². The summed E-state index contributed by atoms with van der Waals surface area (Å²) in [5.74, 6) is 0.406. The van der Waals surface area contributed by atoms with Crippen LogP contribution in [0, 0.1) is 9.49 Å². The molecule has 0 aliphatic carbocycles. The molecule has 2 rings (SSSR count). The predicted molar refractivity (Wildman–Crippen MR) is 71.0 cm³/mol. The van der Waals surface area contributed by atoms with E-state index < -0.39 is 0 Å². The molecule has 1 aromatic carbocycles. The van der Waals surface area contributed by atoms with Crippen LogP contribution in [0.5, 0.6) is 0 Å². The number of anilines is 2. The van der Waals surface area contributed by atoms with E-state index in [1.807, 2.05) is 6.07 Å². The average Bonchev–Trinajstić information content (AvgIpc) is 2.66. The smallest absolute Gasteiger partial charge is 0.0600 e. The van der Waals surface area contributed by atoms with Crippen LogP contribution in [0.25, 0.3) is 0 Å². The molecule has 15 heavy (non-hydrogen) atoms. The molecule has 1 heterocycles. The zero-order chi connectivity index (χ0) is 10.8. The number of rotatable bonds is 2. The van der Waals surface area contributed by atoms with Crippen molar-refractivity contribution in [2.75, 3.05) is 30.3 Å². The number of benzene rings is 1. The van der Waals surface area contributed by atoms with Gasteiger partial charge in [-0.15, -0.1) is 0 Å². The van der Waals surface area contributed by atoms with Gasteiger partial charge in [0.15, 0.2) is 0 Å². The number of hydrogen-bond donors (Lipinski definition) is 2. The van der Waals surface area contributed by atoms with Gasteiger partial charge in [0, 0.05) is 29.2 Å². The minimum atomic E-state index is 0.279. The van der Waals surface area contributed by atoms with E-state index in [9.17, 15) is 0 Å². The van der Waals surface area contributed by atoms with Gasteiger partial charge < -0.3 is 15.7 Å². The molecule has 82 valence electrons. The van der Waals surface area contributed by atoms with Crippen LogP contribution in [0.1, 0.15) is 6.42 Å². The first-order valence-corrected chi connectivity index (χ1v) is 6.19. The number of aliphatic hydroxyl groups is 1. The summed E-state index contributed by atoms with van der Waals surface area (Å²) in [6, 6.07) is 6.12. The third-order valence-electron chi connectivity index (χ3n) is 2.87. The van der Waals surface area contributed by atoms with Crippen molar-refractivity contribution < 1.29 is 5.11 Å². The summed E-state index contributed by atoms with van der Waals surface area (Å²) in [5, 5.41) is 9.09. The minimum absolute atomic E-state index is 0.279. The minimum Gasteiger partial charge on any atom is -0.397 e. The largest absolute Gasteiger partial charge is 0.397 e. The highest BCUT2D eigenvalue weighted by molar-refractivity contribution is 14.1. The third kappa shape index (κ3) is 2.36. The third-order valence-corrected chi connectivity index (χ3v) is 3.55. The van der Waals surface area contributed by atoms with Gasteiger partial charge in [0.1, 0.15) is 0 Å². The van der Waals surface area contributed by atoms with Crippen molar-refractivity contribution in [3.05, 3.63) is 21.8 Å². The van der Waals surface area contributed by atoms with Gasteiger partial charge in [-0.25, -0.2) is 0 Å². The van der Waals surface area contributed by atoms with E-state index in [0.717, 1.165) is 34.5 Å². The van der Waals surface area contributed by atoms with Gasteiger partial charge in [0.2, 0.25) is 0 Å². The maximum atomic E-state index is 9.09. The normalized spacial score (nSPS) is 20.9. The molecule has 3 nitrogen and oxygen atoms in total. The average molecular weight is 318 g/mol. The van der Waals surface area contributed by atoms with Crippen molar-refractivity contribution in [2.45, 2.75) is 6.42 Å². The van der Waals surface area contributed by atoms with Crippen molar-refractivity contribution in [3.8, 4) is 0 Å². The number of halogens is 1. The SMILES string of the molecule is Nc1cc(I)ccc1N1CCC(CO)C1. The fourth-order valence-electron chi connectivity index (χ4n) is 2.01. The zero-order valence-corrected chi connectivity index (χ0v) is 10.6. The lowest BCUT2D eigenvalue weighted by Gasteiger charge is -2.20. The summed E-state index contributed by atoms with van der Waals surface area (Å²) < 4.78 is 1.16. The summed E-state index contributed by atoms with van der Waals surface area (Å²) in [6.45, 7) is 2.19. The van der Waals surface area contributed by atoms with Crippen LogP contribution in [0.15, 0.2) is 18.2 Å². The van der Waals surface area contributed by atoms with Crippen LogP contribution < -0.4 is 10.6 Å². The summed E-state index contributed by atoms with van der Waals surface area (Å²) in [7, 11) is 0. The van der Waals surface area contributed by atoms with E-state index in [0.29, 0.717) is 5.92 Å². The monoisotopic (exact) mass is 318 g/mol. The van der Waals surface area contributed by atoms with Crippen LogP contribution in [0.4, 0.5) is 11.4 Å². The first kappa shape index (κ1) is 11.0. The number of nitrogens with two attached hydrogens (primary N) is 1. The number of hydrogen-bond acceptors (Lipinski definition) is 3. The molecule has 1 aliphatic heterocycles. The van der Waals surface area contributed by atoms with E-state index >= 15 is 0 Å². The molecule has 0 bridgehead atoms. The molecule has 4 heteroatoms. The summed E-state index contributed by atoms with van der Waals surface area (Å²) in [5.41, 5.74) is 7.92. The Bertz CT molecular complexity index is 356. The first-order chi connectivity index (χ1) is 7.20. The Morgan fingerprint density at radius 1 is 1.53 bits per heavy atom. The molecule has 1 aromatic rings. The molecule has 1 unspecified atom stereocenters. The second kappa shape index (κ2) is 4.57. The molecule has 0 amide bonds. The Balaban J connectivity index is 2.17. The Morgan fingerprint density at radius 2 is 2.33 bits per heavy atom. The van der Waals surface area contributed by atoms with Crippen LogP contribution in [-0.4, -0.2) is 24.8 Å². The lowest BCUT2D eigenvalue weighted by molar-refractivity contribution is 0.238. The van der Waals surface area contributed by atoms with Gasteiger partial charge in [0.05, 0.1) is 11.4 Å².